The zero-order valence-electron chi connectivity index (χ0n) is 16.1. The van der Waals surface area contributed by atoms with Crippen LogP contribution in [0.2, 0.25) is 0 Å². The molecule has 154 valence electrons. The smallest absolute Gasteiger partial charge is 0.320 e. The minimum atomic E-state index is -1.11. The fourth-order valence-corrected chi connectivity index (χ4v) is 3.32. The van der Waals surface area contributed by atoms with Gasteiger partial charge in [0.15, 0.2) is 6.61 Å². The molecule has 8 heteroatoms. The summed E-state index contributed by atoms with van der Waals surface area (Å²) in [5.41, 5.74) is 5.43. The van der Waals surface area contributed by atoms with E-state index in [9.17, 15) is 14.4 Å². The van der Waals surface area contributed by atoms with E-state index in [2.05, 4.69) is 0 Å². The van der Waals surface area contributed by atoms with Gasteiger partial charge in [-0.15, -0.1) is 0 Å². The van der Waals surface area contributed by atoms with Crippen LogP contribution >= 0.6 is 0 Å². The van der Waals surface area contributed by atoms with Crippen molar-refractivity contribution in [3.8, 4) is 5.75 Å². The lowest BCUT2D eigenvalue weighted by atomic mass is 10.1. The third-order valence-electron chi connectivity index (χ3n) is 5.07. The molecule has 1 fully saturated rings. The molecular formula is C21H25N3O5. The van der Waals surface area contributed by atoms with Gasteiger partial charge in [-0.3, -0.25) is 14.4 Å². The summed E-state index contributed by atoms with van der Waals surface area (Å²) in [7, 11) is 0. The first-order valence-corrected chi connectivity index (χ1v) is 9.60. The average Bonchev–Trinajstić information content (AvgIpc) is 2.75. The molecule has 2 aromatic rings. The van der Waals surface area contributed by atoms with Crippen LogP contribution in [0.4, 0.5) is 0 Å². The van der Waals surface area contributed by atoms with Crippen molar-refractivity contribution in [3.05, 3.63) is 42.5 Å². The molecule has 1 aliphatic heterocycles. The molecule has 3 N–H and O–H groups in total. The summed E-state index contributed by atoms with van der Waals surface area (Å²) in [5, 5.41) is 10.8. The number of benzene rings is 2. The van der Waals surface area contributed by atoms with Crippen LogP contribution in [0.3, 0.4) is 0 Å². The average molecular weight is 399 g/mol. The quantitative estimate of drug-likeness (QED) is 0.720. The van der Waals surface area contributed by atoms with Crippen molar-refractivity contribution in [1.29, 1.82) is 0 Å². The SMILES string of the molecule is N[C@@H](CCC(=O)N1CCN(C(=O)COc2cccc3ccccc23)CC1)C(=O)O. The first-order valence-electron chi connectivity index (χ1n) is 9.60. The summed E-state index contributed by atoms with van der Waals surface area (Å²) in [6.07, 6.45) is 0.192. The van der Waals surface area contributed by atoms with Gasteiger partial charge in [0, 0.05) is 38.0 Å². The highest BCUT2D eigenvalue weighted by molar-refractivity contribution is 5.88. The normalized spacial score (nSPS) is 15.2. The van der Waals surface area contributed by atoms with Crippen LogP contribution in [0.1, 0.15) is 12.8 Å². The van der Waals surface area contributed by atoms with Gasteiger partial charge in [-0.1, -0.05) is 36.4 Å². The highest BCUT2D eigenvalue weighted by Gasteiger charge is 2.25. The zero-order chi connectivity index (χ0) is 20.8. The van der Waals surface area contributed by atoms with Gasteiger partial charge in [0.05, 0.1) is 0 Å². The number of hydrogen-bond acceptors (Lipinski definition) is 5. The number of nitrogens with two attached hydrogens (primary N) is 1. The van der Waals surface area contributed by atoms with Crippen molar-refractivity contribution in [1.82, 2.24) is 9.80 Å². The summed E-state index contributed by atoms with van der Waals surface area (Å²) < 4.78 is 5.75. The number of carboxylic acids is 1. The first-order chi connectivity index (χ1) is 14.0. The van der Waals surface area contributed by atoms with Crippen LogP contribution in [0.25, 0.3) is 10.8 Å². The van der Waals surface area contributed by atoms with E-state index in [0.717, 1.165) is 10.8 Å². The molecule has 0 saturated carbocycles. The van der Waals surface area contributed by atoms with Crippen molar-refractivity contribution in [2.75, 3.05) is 32.8 Å². The van der Waals surface area contributed by atoms with E-state index in [0.29, 0.717) is 31.9 Å². The molecule has 2 aromatic carbocycles. The Balaban J connectivity index is 1.46. The molecule has 8 nitrogen and oxygen atoms in total. The molecule has 29 heavy (non-hydrogen) atoms. The molecule has 0 bridgehead atoms. The highest BCUT2D eigenvalue weighted by atomic mass is 16.5. The molecule has 1 saturated heterocycles. The number of amides is 2. The molecule has 0 spiro atoms. The maximum atomic E-state index is 12.5. The van der Waals surface area contributed by atoms with Gasteiger partial charge in [0.1, 0.15) is 11.8 Å². The highest BCUT2D eigenvalue weighted by Crippen LogP contribution is 2.25. The maximum Gasteiger partial charge on any atom is 0.320 e. The van der Waals surface area contributed by atoms with Gasteiger partial charge < -0.3 is 25.4 Å². The number of aliphatic carboxylic acids is 1. The second-order valence-corrected chi connectivity index (χ2v) is 7.01. The Morgan fingerprint density at radius 2 is 1.59 bits per heavy atom. The number of ether oxygens (including phenoxy) is 1. The lowest BCUT2D eigenvalue weighted by Crippen LogP contribution is -2.51. The predicted octanol–water partition coefficient (Wildman–Crippen LogP) is 1.08. The number of carbonyl (C=O) groups excluding carboxylic acids is 2. The number of rotatable bonds is 7. The number of piperazine rings is 1. The molecule has 1 aliphatic rings. The second-order valence-electron chi connectivity index (χ2n) is 7.01. The molecule has 0 radical (unpaired) electrons. The fourth-order valence-electron chi connectivity index (χ4n) is 3.32. The third kappa shape index (κ3) is 5.23. The number of fused-ring (bicyclic) bond motifs is 1. The lowest BCUT2D eigenvalue weighted by molar-refractivity contribution is -0.141. The van der Waals surface area contributed by atoms with Crippen LogP contribution in [0, 0.1) is 0 Å². The molecule has 0 unspecified atom stereocenters. The Morgan fingerprint density at radius 3 is 2.28 bits per heavy atom. The van der Waals surface area contributed by atoms with Gasteiger partial charge >= 0.3 is 5.97 Å². The Kier molecular flexibility index (Phi) is 6.66. The van der Waals surface area contributed by atoms with E-state index < -0.39 is 12.0 Å². The van der Waals surface area contributed by atoms with Gasteiger partial charge in [-0.2, -0.15) is 0 Å². The zero-order valence-corrected chi connectivity index (χ0v) is 16.1. The van der Waals surface area contributed by atoms with E-state index in [1.807, 2.05) is 42.5 Å². The van der Waals surface area contributed by atoms with Crippen LogP contribution in [-0.2, 0) is 14.4 Å². The number of carboxylic acid groups (broad SMARTS) is 1. The fraction of sp³-hybridized carbons (Fsp3) is 0.381. The third-order valence-corrected chi connectivity index (χ3v) is 5.07. The summed E-state index contributed by atoms with van der Waals surface area (Å²) in [5.74, 6) is -0.710. The summed E-state index contributed by atoms with van der Waals surface area (Å²) in [6.45, 7) is 1.63. The van der Waals surface area contributed by atoms with Gasteiger partial charge in [0.2, 0.25) is 5.91 Å². The minimum Gasteiger partial charge on any atom is -0.483 e. The van der Waals surface area contributed by atoms with E-state index in [1.54, 1.807) is 9.80 Å². The molecule has 2 amide bonds. The largest absolute Gasteiger partial charge is 0.483 e. The molecular weight excluding hydrogens is 374 g/mol. The Morgan fingerprint density at radius 1 is 0.966 bits per heavy atom. The lowest BCUT2D eigenvalue weighted by Gasteiger charge is -2.34. The first kappa shape index (κ1) is 20.6. The maximum absolute atomic E-state index is 12.5. The number of carbonyl (C=O) groups is 3. The summed E-state index contributed by atoms with van der Waals surface area (Å²) >= 11 is 0. The van der Waals surface area contributed by atoms with Crippen molar-refractivity contribution in [2.24, 2.45) is 5.73 Å². The Bertz CT molecular complexity index is 888. The van der Waals surface area contributed by atoms with Crippen LogP contribution in [0.15, 0.2) is 42.5 Å². The standard InChI is InChI=1S/C21H25N3O5/c22-17(21(27)28)8-9-19(25)23-10-12-24(13-11-23)20(26)14-29-18-7-3-5-15-4-1-2-6-16(15)18/h1-7,17H,8-14,22H2,(H,27,28)/t17-/m0/s1. The van der Waals surface area contributed by atoms with E-state index in [4.69, 9.17) is 15.6 Å². The van der Waals surface area contributed by atoms with Crippen LogP contribution < -0.4 is 10.5 Å². The van der Waals surface area contributed by atoms with E-state index in [1.165, 1.54) is 0 Å². The van der Waals surface area contributed by atoms with Gasteiger partial charge in [-0.05, 0) is 17.9 Å². The predicted molar refractivity (Wildman–Crippen MR) is 107 cm³/mol. The number of nitrogens with zero attached hydrogens (tertiary/aromatic N) is 2. The number of hydrogen-bond donors (Lipinski definition) is 2. The van der Waals surface area contributed by atoms with Crippen LogP contribution in [-0.4, -0.2) is 71.5 Å². The molecule has 0 aliphatic carbocycles. The van der Waals surface area contributed by atoms with E-state index in [-0.39, 0.29) is 31.3 Å². The molecule has 0 aromatic heterocycles. The van der Waals surface area contributed by atoms with Crippen molar-refractivity contribution in [3.63, 3.8) is 0 Å². The van der Waals surface area contributed by atoms with E-state index >= 15 is 0 Å². The topological polar surface area (TPSA) is 113 Å². The second kappa shape index (κ2) is 9.38. The van der Waals surface area contributed by atoms with Crippen LogP contribution in [0.5, 0.6) is 5.75 Å². The Hall–Kier alpha value is -3.13. The monoisotopic (exact) mass is 399 g/mol. The molecule has 1 heterocycles. The summed E-state index contributed by atoms with van der Waals surface area (Å²) in [6, 6.07) is 12.5. The van der Waals surface area contributed by atoms with Crippen molar-refractivity contribution < 1.29 is 24.2 Å². The minimum absolute atomic E-state index is 0.0601. The molecule has 3 rings (SSSR count). The molecule has 1 atom stereocenters. The van der Waals surface area contributed by atoms with Crippen molar-refractivity contribution >= 4 is 28.6 Å². The van der Waals surface area contributed by atoms with Gasteiger partial charge in [0.25, 0.3) is 5.91 Å². The summed E-state index contributed by atoms with van der Waals surface area (Å²) in [4.78, 5) is 38.7. The Labute approximate surface area is 168 Å². The van der Waals surface area contributed by atoms with Crippen molar-refractivity contribution in [2.45, 2.75) is 18.9 Å². The van der Waals surface area contributed by atoms with Gasteiger partial charge in [-0.25, -0.2) is 0 Å².